The lowest BCUT2D eigenvalue weighted by molar-refractivity contribution is 0.187. The molecule has 0 bridgehead atoms. The summed E-state index contributed by atoms with van der Waals surface area (Å²) >= 11 is 1.97. The van der Waals surface area contributed by atoms with Crippen LogP contribution in [0.3, 0.4) is 0 Å². The molecule has 0 saturated heterocycles. The van der Waals surface area contributed by atoms with Crippen LogP contribution in [-0.4, -0.2) is 10.6 Å². The lowest BCUT2D eigenvalue weighted by Gasteiger charge is -2.03. The van der Waals surface area contributed by atoms with Crippen molar-refractivity contribution in [3.63, 3.8) is 0 Å². The average Bonchev–Trinajstić information content (AvgIpc) is 2.53. The van der Waals surface area contributed by atoms with Crippen LogP contribution >= 0.6 is 23.5 Å². The van der Waals surface area contributed by atoms with Crippen molar-refractivity contribution in [2.75, 3.05) is 0 Å². The molecule has 0 fully saturated rings. The number of ether oxygens (including phenoxy) is 1. The number of carbonyl (C=O) groups is 2. The van der Waals surface area contributed by atoms with Gasteiger partial charge in [0, 0.05) is 11.5 Å². The fourth-order valence-electron chi connectivity index (χ4n) is 1.56. The first kappa shape index (κ1) is 15.7. The van der Waals surface area contributed by atoms with Crippen LogP contribution in [0.4, 0.5) is 9.59 Å². The maximum atomic E-state index is 11.5. The minimum atomic E-state index is -0.565. The molecule has 0 aliphatic heterocycles. The minimum absolute atomic E-state index is 0.496. The molecule has 0 atom stereocenters. The van der Waals surface area contributed by atoms with E-state index in [0.29, 0.717) is 11.5 Å². The van der Waals surface area contributed by atoms with Gasteiger partial charge in [0.25, 0.3) is 0 Å². The zero-order chi connectivity index (χ0) is 14.9. The molecule has 108 valence electrons. The van der Waals surface area contributed by atoms with Crippen LogP contribution in [0, 0.1) is 0 Å². The normalized spacial score (nSPS) is 10.1. The average molecular weight is 318 g/mol. The highest BCUT2D eigenvalue weighted by molar-refractivity contribution is 8.14. The highest BCUT2D eigenvalue weighted by atomic mass is 32.2. The molecule has 0 N–H and O–H groups in total. The van der Waals surface area contributed by atoms with Gasteiger partial charge < -0.3 is 4.74 Å². The number of carbonyl (C=O) groups excluding carboxylic acids is 2. The Hall–Kier alpha value is -1.72. The molecule has 0 unspecified atom stereocenters. The van der Waals surface area contributed by atoms with E-state index in [1.807, 2.05) is 60.7 Å². The van der Waals surface area contributed by atoms with E-state index < -0.39 is 10.6 Å². The third-order valence-electron chi connectivity index (χ3n) is 2.57. The summed E-state index contributed by atoms with van der Waals surface area (Å²) in [5, 5.41) is -1.13. The van der Waals surface area contributed by atoms with Crippen LogP contribution < -0.4 is 0 Å². The maximum Gasteiger partial charge on any atom is 0.375 e. The van der Waals surface area contributed by atoms with Crippen LogP contribution in [0.1, 0.15) is 11.1 Å². The van der Waals surface area contributed by atoms with Crippen molar-refractivity contribution in [1.29, 1.82) is 0 Å². The molecule has 0 radical (unpaired) electrons. The number of benzene rings is 2. The summed E-state index contributed by atoms with van der Waals surface area (Å²) < 4.78 is 4.74. The molecule has 0 saturated carbocycles. The summed E-state index contributed by atoms with van der Waals surface area (Å²) in [6.07, 6.45) is 0. The van der Waals surface area contributed by atoms with Gasteiger partial charge in [-0.2, -0.15) is 0 Å². The molecular formula is C16H14O3S2. The molecule has 21 heavy (non-hydrogen) atoms. The van der Waals surface area contributed by atoms with Gasteiger partial charge in [-0.1, -0.05) is 60.7 Å². The van der Waals surface area contributed by atoms with Gasteiger partial charge in [-0.05, 0) is 34.7 Å². The molecule has 2 aromatic rings. The first-order chi connectivity index (χ1) is 10.2. The smallest absolute Gasteiger partial charge is 0.375 e. The second kappa shape index (κ2) is 8.54. The Morgan fingerprint density at radius 2 is 1.10 bits per heavy atom. The molecule has 0 aromatic heterocycles. The van der Waals surface area contributed by atoms with Gasteiger partial charge in [-0.15, -0.1) is 0 Å². The van der Waals surface area contributed by atoms with Crippen LogP contribution in [-0.2, 0) is 16.2 Å². The maximum absolute atomic E-state index is 11.5. The molecule has 0 heterocycles. The van der Waals surface area contributed by atoms with Gasteiger partial charge in [0.05, 0.1) is 0 Å². The second-order valence-corrected chi connectivity index (χ2v) is 5.97. The van der Waals surface area contributed by atoms with Gasteiger partial charge >= 0.3 is 10.6 Å². The Kier molecular flexibility index (Phi) is 6.37. The summed E-state index contributed by atoms with van der Waals surface area (Å²) in [6, 6.07) is 19.1. The van der Waals surface area contributed by atoms with E-state index in [1.165, 1.54) is 0 Å². The van der Waals surface area contributed by atoms with Crippen LogP contribution in [0.5, 0.6) is 0 Å². The summed E-state index contributed by atoms with van der Waals surface area (Å²) in [5.74, 6) is 0.993. The quantitative estimate of drug-likeness (QED) is 0.579. The van der Waals surface area contributed by atoms with Crippen molar-refractivity contribution >= 4 is 34.1 Å². The molecule has 5 heteroatoms. The molecule has 0 aliphatic rings. The number of hydrogen-bond acceptors (Lipinski definition) is 5. The van der Waals surface area contributed by atoms with Crippen LogP contribution in [0.25, 0.3) is 0 Å². The molecule has 2 rings (SSSR count). The first-order valence-electron chi connectivity index (χ1n) is 6.33. The van der Waals surface area contributed by atoms with Crippen molar-refractivity contribution in [2.24, 2.45) is 0 Å². The van der Waals surface area contributed by atoms with E-state index in [4.69, 9.17) is 4.74 Å². The SMILES string of the molecule is O=C(OC(=O)SCc1ccccc1)SCc1ccccc1. The molecule has 2 aromatic carbocycles. The lowest BCUT2D eigenvalue weighted by atomic mass is 10.2. The third-order valence-corrected chi connectivity index (χ3v) is 4.16. The Labute approximate surface area is 132 Å². The van der Waals surface area contributed by atoms with E-state index >= 15 is 0 Å². The minimum Gasteiger partial charge on any atom is -0.376 e. The van der Waals surface area contributed by atoms with E-state index in [-0.39, 0.29) is 0 Å². The van der Waals surface area contributed by atoms with E-state index in [1.54, 1.807) is 0 Å². The predicted octanol–water partition coefficient (Wildman–Crippen LogP) is 5.11. The zero-order valence-corrected chi connectivity index (χ0v) is 12.9. The van der Waals surface area contributed by atoms with Gasteiger partial charge in [0.15, 0.2) is 0 Å². The fraction of sp³-hybridized carbons (Fsp3) is 0.125. The molecule has 0 aliphatic carbocycles. The second-order valence-electron chi connectivity index (χ2n) is 4.15. The Balaban J connectivity index is 1.69. The van der Waals surface area contributed by atoms with Crippen molar-refractivity contribution in [1.82, 2.24) is 0 Å². The van der Waals surface area contributed by atoms with Crippen molar-refractivity contribution in [2.45, 2.75) is 11.5 Å². The number of hydrogen-bond donors (Lipinski definition) is 0. The molecule has 0 spiro atoms. The Bertz CT molecular complexity index is 531. The van der Waals surface area contributed by atoms with E-state index in [0.717, 1.165) is 34.7 Å². The largest absolute Gasteiger partial charge is 0.376 e. The zero-order valence-electron chi connectivity index (χ0n) is 11.2. The molecule has 0 amide bonds. The summed E-state index contributed by atoms with van der Waals surface area (Å²) in [5.41, 5.74) is 2.03. The summed E-state index contributed by atoms with van der Waals surface area (Å²) in [6.45, 7) is 0. The summed E-state index contributed by atoms with van der Waals surface area (Å²) in [7, 11) is 0. The van der Waals surface area contributed by atoms with E-state index in [2.05, 4.69) is 0 Å². The van der Waals surface area contributed by atoms with Gasteiger partial charge in [-0.3, -0.25) is 0 Å². The predicted molar refractivity (Wildman–Crippen MR) is 87.4 cm³/mol. The number of thioether (sulfide) groups is 2. The topological polar surface area (TPSA) is 43.4 Å². The van der Waals surface area contributed by atoms with Crippen molar-refractivity contribution in [3.8, 4) is 0 Å². The number of rotatable bonds is 4. The van der Waals surface area contributed by atoms with Crippen LogP contribution in [0.2, 0.25) is 0 Å². The van der Waals surface area contributed by atoms with Crippen LogP contribution in [0.15, 0.2) is 60.7 Å². The van der Waals surface area contributed by atoms with Crippen molar-refractivity contribution in [3.05, 3.63) is 71.8 Å². The summed E-state index contributed by atoms with van der Waals surface area (Å²) in [4.78, 5) is 23.1. The van der Waals surface area contributed by atoms with Gasteiger partial charge in [0.1, 0.15) is 0 Å². The van der Waals surface area contributed by atoms with E-state index in [9.17, 15) is 9.59 Å². The molecular weight excluding hydrogens is 304 g/mol. The Morgan fingerprint density at radius 1 is 0.714 bits per heavy atom. The first-order valence-corrected chi connectivity index (χ1v) is 8.30. The molecule has 3 nitrogen and oxygen atoms in total. The third kappa shape index (κ3) is 6.06. The highest BCUT2D eigenvalue weighted by Gasteiger charge is 2.12. The Morgan fingerprint density at radius 3 is 1.48 bits per heavy atom. The lowest BCUT2D eigenvalue weighted by Crippen LogP contribution is -2.03. The van der Waals surface area contributed by atoms with Gasteiger partial charge in [-0.25, -0.2) is 9.59 Å². The fourth-order valence-corrected chi connectivity index (χ4v) is 2.84. The van der Waals surface area contributed by atoms with Gasteiger partial charge in [0.2, 0.25) is 0 Å². The van der Waals surface area contributed by atoms with Crippen molar-refractivity contribution < 1.29 is 14.3 Å². The highest BCUT2D eigenvalue weighted by Crippen LogP contribution is 2.19. The monoisotopic (exact) mass is 318 g/mol. The standard InChI is InChI=1S/C16H14O3S2/c17-15(20-11-13-7-3-1-4-8-13)19-16(18)21-12-14-9-5-2-6-10-14/h1-10H,11-12H2.